The summed E-state index contributed by atoms with van der Waals surface area (Å²) in [5.41, 5.74) is 0.0822. The number of carbonyl (C=O) groups is 1. The van der Waals surface area contributed by atoms with Crippen molar-refractivity contribution in [2.75, 3.05) is 0 Å². The van der Waals surface area contributed by atoms with Crippen molar-refractivity contribution in [1.82, 2.24) is 0 Å². The summed E-state index contributed by atoms with van der Waals surface area (Å²) in [6, 6.07) is 2.97. The Bertz CT molecular complexity index is 392. The van der Waals surface area contributed by atoms with Crippen LogP contribution in [0.25, 0.3) is 0 Å². The minimum atomic E-state index is -1.14. The van der Waals surface area contributed by atoms with Gasteiger partial charge in [0.05, 0.1) is 0 Å². The summed E-state index contributed by atoms with van der Waals surface area (Å²) in [6.07, 6.45) is -1.79. The van der Waals surface area contributed by atoms with E-state index in [9.17, 15) is 13.6 Å². The van der Waals surface area contributed by atoms with E-state index in [2.05, 4.69) is 0 Å². The van der Waals surface area contributed by atoms with Crippen LogP contribution >= 0.6 is 0 Å². The van der Waals surface area contributed by atoms with E-state index < -0.39 is 29.8 Å². The van der Waals surface area contributed by atoms with Gasteiger partial charge in [0.1, 0.15) is 17.7 Å². The second kappa shape index (κ2) is 3.02. The molecule has 0 bridgehead atoms. The summed E-state index contributed by atoms with van der Waals surface area (Å²) in [4.78, 5) is 10.4. The lowest BCUT2D eigenvalue weighted by Gasteiger charge is -1.97. The van der Waals surface area contributed by atoms with E-state index in [4.69, 9.17) is 9.84 Å². The molecule has 0 amide bonds. The van der Waals surface area contributed by atoms with Crippen LogP contribution in [0.2, 0.25) is 0 Å². The number of rotatable bonds is 2. The molecule has 74 valence electrons. The third kappa shape index (κ3) is 1.46. The maximum atomic E-state index is 13.1. The van der Waals surface area contributed by atoms with Crippen molar-refractivity contribution in [3.05, 3.63) is 35.4 Å². The molecule has 1 aliphatic rings. The molecule has 2 atom stereocenters. The van der Waals surface area contributed by atoms with Gasteiger partial charge in [0, 0.05) is 11.6 Å². The Morgan fingerprint density at radius 1 is 1.43 bits per heavy atom. The van der Waals surface area contributed by atoms with Gasteiger partial charge in [-0.25, -0.2) is 13.6 Å². The number of hydrogen-bond donors (Lipinski definition) is 1. The molecule has 1 saturated heterocycles. The first-order valence-electron chi connectivity index (χ1n) is 3.93. The van der Waals surface area contributed by atoms with E-state index in [1.165, 1.54) is 6.07 Å². The Morgan fingerprint density at radius 2 is 2.14 bits per heavy atom. The van der Waals surface area contributed by atoms with Gasteiger partial charge in [-0.2, -0.15) is 0 Å². The molecule has 2 rings (SSSR count). The molecular weight excluding hydrogens is 194 g/mol. The van der Waals surface area contributed by atoms with Crippen molar-refractivity contribution in [1.29, 1.82) is 0 Å². The van der Waals surface area contributed by atoms with E-state index in [0.717, 1.165) is 6.07 Å². The Labute approximate surface area is 77.9 Å². The first-order chi connectivity index (χ1) is 6.59. The van der Waals surface area contributed by atoms with Gasteiger partial charge in [0.2, 0.25) is 0 Å². The van der Waals surface area contributed by atoms with Crippen molar-refractivity contribution in [2.45, 2.75) is 12.2 Å². The van der Waals surface area contributed by atoms with Gasteiger partial charge in [-0.15, -0.1) is 0 Å². The number of halogens is 2. The van der Waals surface area contributed by atoms with Gasteiger partial charge in [-0.3, -0.25) is 0 Å². The number of carboxylic acids is 1. The third-order valence-electron chi connectivity index (χ3n) is 2.00. The van der Waals surface area contributed by atoms with E-state index in [-0.39, 0.29) is 5.56 Å². The topological polar surface area (TPSA) is 49.8 Å². The minimum Gasteiger partial charge on any atom is -0.479 e. The van der Waals surface area contributed by atoms with E-state index >= 15 is 0 Å². The average Bonchev–Trinajstić information content (AvgIpc) is 2.83. The van der Waals surface area contributed by atoms with Crippen LogP contribution in [0.5, 0.6) is 0 Å². The summed E-state index contributed by atoms with van der Waals surface area (Å²) in [6.45, 7) is 0. The first kappa shape index (κ1) is 9.08. The average molecular weight is 200 g/mol. The highest BCUT2D eigenvalue weighted by Crippen LogP contribution is 2.39. The fourth-order valence-corrected chi connectivity index (χ4v) is 1.27. The smallest absolute Gasteiger partial charge is 0.335 e. The molecule has 1 N–H and O–H groups in total. The molecule has 0 unspecified atom stereocenters. The molecule has 1 heterocycles. The van der Waals surface area contributed by atoms with E-state index in [1.807, 2.05) is 0 Å². The first-order valence-corrected chi connectivity index (χ1v) is 3.93. The third-order valence-corrected chi connectivity index (χ3v) is 2.00. The Morgan fingerprint density at radius 3 is 2.64 bits per heavy atom. The second-order valence-corrected chi connectivity index (χ2v) is 2.98. The lowest BCUT2D eigenvalue weighted by Crippen LogP contribution is -2.05. The van der Waals surface area contributed by atoms with Gasteiger partial charge in [-0.1, -0.05) is 6.07 Å². The van der Waals surface area contributed by atoms with E-state index in [0.29, 0.717) is 6.07 Å². The maximum Gasteiger partial charge on any atom is 0.335 e. The normalized spacial score (nSPS) is 24.7. The summed E-state index contributed by atoms with van der Waals surface area (Å²) < 4.78 is 30.3. The van der Waals surface area contributed by atoms with Crippen molar-refractivity contribution >= 4 is 5.97 Å². The van der Waals surface area contributed by atoms with Gasteiger partial charge in [-0.05, 0) is 6.07 Å². The van der Waals surface area contributed by atoms with Crippen molar-refractivity contribution < 1.29 is 23.4 Å². The van der Waals surface area contributed by atoms with Gasteiger partial charge in [0.15, 0.2) is 6.10 Å². The van der Waals surface area contributed by atoms with Gasteiger partial charge >= 0.3 is 5.97 Å². The number of ether oxygens (including phenoxy) is 1. The zero-order valence-corrected chi connectivity index (χ0v) is 6.91. The minimum absolute atomic E-state index is 0.0822. The fraction of sp³-hybridized carbons (Fsp3) is 0.222. The molecule has 0 aliphatic carbocycles. The van der Waals surface area contributed by atoms with Crippen LogP contribution in [-0.2, 0) is 9.53 Å². The molecule has 1 aliphatic heterocycles. The molecule has 3 nitrogen and oxygen atoms in total. The molecule has 0 spiro atoms. The Kier molecular flexibility index (Phi) is 1.96. The SMILES string of the molecule is O=C(O)[C@@H]1O[C@@H]1c1ccc(F)cc1F. The van der Waals surface area contributed by atoms with Crippen LogP contribution in [0.3, 0.4) is 0 Å². The van der Waals surface area contributed by atoms with Crippen LogP contribution in [0, 0.1) is 11.6 Å². The highest BCUT2D eigenvalue weighted by molar-refractivity contribution is 5.76. The van der Waals surface area contributed by atoms with Crippen LogP contribution < -0.4 is 0 Å². The Balaban J connectivity index is 2.23. The number of hydrogen-bond acceptors (Lipinski definition) is 2. The van der Waals surface area contributed by atoms with Gasteiger partial charge < -0.3 is 9.84 Å². The van der Waals surface area contributed by atoms with Crippen molar-refractivity contribution in [3.63, 3.8) is 0 Å². The predicted molar refractivity (Wildman–Crippen MR) is 41.6 cm³/mol. The van der Waals surface area contributed by atoms with Crippen LogP contribution in [0.1, 0.15) is 11.7 Å². The number of benzene rings is 1. The largest absolute Gasteiger partial charge is 0.479 e. The lowest BCUT2D eigenvalue weighted by atomic mass is 10.1. The van der Waals surface area contributed by atoms with Crippen molar-refractivity contribution in [3.8, 4) is 0 Å². The second-order valence-electron chi connectivity index (χ2n) is 2.98. The summed E-state index contributed by atoms with van der Waals surface area (Å²) >= 11 is 0. The van der Waals surface area contributed by atoms with Crippen LogP contribution in [0.15, 0.2) is 18.2 Å². The van der Waals surface area contributed by atoms with Crippen molar-refractivity contribution in [2.24, 2.45) is 0 Å². The molecule has 0 saturated carbocycles. The molecule has 0 aromatic heterocycles. The standard InChI is InChI=1S/C9H6F2O3/c10-4-1-2-5(6(11)3-4)7-8(14-7)9(12)13/h1-3,7-8H,(H,12,13)/t7-,8-/m1/s1. The lowest BCUT2D eigenvalue weighted by molar-refractivity contribution is -0.138. The zero-order chi connectivity index (χ0) is 10.3. The Hall–Kier alpha value is -1.49. The zero-order valence-electron chi connectivity index (χ0n) is 6.91. The number of epoxide rings is 1. The molecule has 1 fully saturated rings. The molecule has 14 heavy (non-hydrogen) atoms. The number of aliphatic carboxylic acids is 1. The van der Waals surface area contributed by atoms with Crippen LogP contribution in [0.4, 0.5) is 8.78 Å². The highest BCUT2D eigenvalue weighted by Gasteiger charge is 2.47. The van der Waals surface area contributed by atoms with Gasteiger partial charge in [0.25, 0.3) is 0 Å². The summed E-state index contributed by atoms with van der Waals surface area (Å²) in [5, 5.41) is 8.51. The van der Waals surface area contributed by atoms with Crippen LogP contribution in [-0.4, -0.2) is 17.2 Å². The number of carboxylic acid groups (broad SMARTS) is 1. The molecule has 5 heteroatoms. The molecule has 1 aromatic rings. The summed E-state index contributed by atoms with van der Waals surface area (Å²) in [7, 11) is 0. The highest BCUT2D eigenvalue weighted by atomic mass is 19.1. The predicted octanol–water partition coefficient (Wildman–Crippen LogP) is 1.49. The maximum absolute atomic E-state index is 13.1. The molecular formula is C9H6F2O3. The fourth-order valence-electron chi connectivity index (χ4n) is 1.27. The van der Waals surface area contributed by atoms with E-state index in [1.54, 1.807) is 0 Å². The summed E-state index contributed by atoms with van der Waals surface area (Å²) in [5.74, 6) is -2.61. The molecule has 1 aromatic carbocycles. The monoisotopic (exact) mass is 200 g/mol. The molecule has 0 radical (unpaired) electrons. The quantitative estimate of drug-likeness (QED) is 0.736.